The van der Waals surface area contributed by atoms with Crippen molar-refractivity contribution >= 4 is 28.7 Å². The summed E-state index contributed by atoms with van der Waals surface area (Å²) in [6, 6.07) is 15.6. The average Bonchev–Trinajstić information content (AvgIpc) is 3.21. The Bertz CT molecular complexity index is 941. The van der Waals surface area contributed by atoms with Crippen molar-refractivity contribution in [1.29, 1.82) is 0 Å². The number of ether oxygens (including phenoxy) is 3. The highest BCUT2D eigenvalue weighted by Crippen LogP contribution is 2.38. The van der Waals surface area contributed by atoms with Crippen LogP contribution in [-0.2, 0) is 14.2 Å². The van der Waals surface area contributed by atoms with E-state index in [4.69, 9.17) is 14.2 Å². The minimum Gasteiger partial charge on any atom is -0.452 e. The Morgan fingerprint density at radius 1 is 0.967 bits per heavy atom. The monoisotopic (exact) mass is 433 g/mol. The van der Waals surface area contributed by atoms with Gasteiger partial charge in [-0.1, -0.05) is 48.2 Å². The van der Waals surface area contributed by atoms with Crippen LogP contribution in [0.2, 0.25) is 0 Å². The van der Waals surface area contributed by atoms with Crippen molar-refractivity contribution in [1.82, 2.24) is 0 Å². The molecule has 2 heterocycles. The van der Waals surface area contributed by atoms with Gasteiger partial charge in [-0.3, -0.25) is 4.99 Å². The molecule has 0 amide bonds. The van der Waals surface area contributed by atoms with Crippen LogP contribution in [0.4, 0.5) is 8.78 Å². The van der Waals surface area contributed by atoms with Crippen LogP contribution < -0.4 is 0 Å². The van der Waals surface area contributed by atoms with Crippen LogP contribution in [0.5, 0.6) is 0 Å². The topological polar surface area (TPSA) is 74.2 Å². The Morgan fingerprint density at radius 3 is 2.10 bits per heavy atom. The maximum atomic E-state index is 13.2. The van der Waals surface area contributed by atoms with Gasteiger partial charge in [0.25, 0.3) is 6.43 Å². The third-order valence-corrected chi connectivity index (χ3v) is 5.80. The lowest BCUT2D eigenvalue weighted by Crippen LogP contribution is -2.53. The number of carbonyl (C=O) groups is 2. The van der Waals surface area contributed by atoms with Gasteiger partial charge in [0.15, 0.2) is 12.2 Å². The van der Waals surface area contributed by atoms with Crippen LogP contribution in [0.15, 0.2) is 65.7 Å². The van der Waals surface area contributed by atoms with Gasteiger partial charge in [0, 0.05) is 0 Å². The number of rotatable bonds is 5. The van der Waals surface area contributed by atoms with Crippen molar-refractivity contribution in [3.8, 4) is 0 Å². The number of hydrogen-bond donors (Lipinski definition) is 0. The summed E-state index contributed by atoms with van der Waals surface area (Å²) in [5, 5.41) is -0.388. The van der Waals surface area contributed by atoms with Crippen LogP contribution in [0.25, 0.3) is 0 Å². The highest BCUT2D eigenvalue weighted by atomic mass is 32.2. The Labute approximate surface area is 175 Å². The summed E-state index contributed by atoms with van der Waals surface area (Å²) >= 11 is 0.793. The summed E-state index contributed by atoms with van der Waals surface area (Å²) in [6.07, 6.45) is -4.82. The fraction of sp³-hybridized carbons (Fsp3) is 0.286. The van der Waals surface area contributed by atoms with Crippen LogP contribution in [0.1, 0.15) is 20.7 Å². The fourth-order valence-electron chi connectivity index (χ4n) is 3.19. The summed E-state index contributed by atoms with van der Waals surface area (Å²) in [7, 11) is 0. The van der Waals surface area contributed by atoms with Crippen molar-refractivity contribution in [3.63, 3.8) is 0 Å². The predicted molar refractivity (Wildman–Crippen MR) is 106 cm³/mol. The Morgan fingerprint density at radius 2 is 1.53 bits per heavy atom. The molecule has 30 heavy (non-hydrogen) atoms. The highest BCUT2D eigenvalue weighted by molar-refractivity contribution is 8.14. The molecule has 9 heteroatoms. The average molecular weight is 433 g/mol. The normalized spacial score (nSPS) is 25.4. The molecule has 1 saturated heterocycles. The van der Waals surface area contributed by atoms with Crippen molar-refractivity contribution < 1.29 is 32.6 Å². The first-order chi connectivity index (χ1) is 14.5. The molecule has 0 spiro atoms. The first-order valence-electron chi connectivity index (χ1n) is 9.19. The van der Waals surface area contributed by atoms with Gasteiger partial charge in [0.1, 0.15) is 16.5 Å². The lowest BCUT2D eigenvalue weighted by Gasteiger charge is -2.36. The maximum Gasteiger partial charge on any atom is 0.338 e. The van der Waals surface area contributed by atoms with Crippen molar-refractivity contribution in [2.24, 2.45) is 4.99 Å². The summed E-state index contributed by atoms with van der Waals surface area (Å²) < 4.78 is 43.1. The van der Waals surface area contributed by atoms with Gasteiger partial charge < -0.3 is 14.2 Å². The predicted octanol–water partition coefficient (Wildman–Crippen LogP) is 3.57. The zero-order valence-electron chi connectivity index (χ0n) is 15.5. The van der Waals surface area contributed by atoms with Gasteiger partial charge >= 0.3 is 11.9 Å². The molecular weight excluding hydrogens is 416 g/mol. The van der Waals surface area contributed by atoms with Crippen molar-refractivity contribution in [3.05, 3.63) is 71.8 Å². The van der Waals surface area contributed by atoms with Gasteiger partial charge in [-0.05, 0) is 24.3 Å². The van der Waals surface area contributed by atoms with E-state index in [0.29, 0.717) is 5.56 Å². The highest BCUT2D eigenvalue weighted by Gasteiger charge is 2.50. The number of esters is 2. The molecule has 1 fully saturated rings. The molecule has 2 aliphatic heterocycles. The standard InChI is InChI=1S/C21H17F2NO5S/c22-17(23)18-24-15-16(29-20(26)13-9-5-2-6-10-13)14(11-27-21(15)30-18)28-19(25)12-7-3-1-4-8-12/h1-10,14-17,21H,11H2. The first kappa shape index (κ1) is 20.5. The molecule has 4 atom stereocenters. The number of aliphatic imine (C=N–C) groups is 1. The molecule has 2 aliphatic rings. The smallest absolute Gasteiger partial charge is 0.338 e. The van der Waals surface area contributed by atoms with Crippen LogP contribution in [0.3, 0.4) is 0 Å². The molecule has 0 aliphatic carbocycles. The van der Waals surface area contributed by atoms with Crippen LogP contribution in [0, 0.1) is 0 Å². The van der Waals surface area contributed by atoms with E-state index in [1.807, 2.05) is 0 Å². The molecular formula is C21H17F2NO5S. The molecule has 2 aromatic carbocycles. The summed E-state index contributed by atoms with van der Waals surface area (Å²) in [4.78, 5) is 29.1. The number of hydrogen-bond acceptors (Lipinski definition) is 7. The fourth-order valence-corrected chi connectivity index (χ4v) is 4.22. The van der Waals surface area contributed by atoms with E-state index in [2.05, 4.69) is 4.99 Å². The summed E-state index contributed by atoms with van der Waals surface area (Å²) in [5.41, 5.74) is -0.142. The lowest BCUT2D eigenvalue weighted by molar-refractivity contribution is -0.117. The third-order valence-electron chi connectivity index (χ3n) is 4.63. The molecule has 4 rings (SSSR count). The van der Waals surface area contributed by atoms with Crippen LogP contribution in [-0.4, -0.2) is 53.7 Å². The minimum absolute atomic E-state index is 0.106. The number of benzene rings is 2. The molecule has 156 valence electrons. The maximum absolute atomic E-state index is 13.2. The molecule has 2 aromatic rings. The largest absolute Gasteiger partial charge is 0.452 e. The molecule has 0 bridgehead atoms. The minimum atomic E-state index is -2.76. The van der Waals surface area contributed by atoms with Gasteiger partial charge in [-0.25, -0.2) is 18.4 Å². The molecule has 0 aromatic heterocycles. The van der Waals surface area contributed by atoms with Crippen molar-refractivity contribution in [2.75, 3.05) is 6.61 Å². The van der Waals surface area contributed by atoms with E-state index >= 15 is 0 Å². The number of carbonyl (C=O) groups excluding carboxylic acids is 2. The Balaban J connectivity index is 1.58. The Kier molecular flexibility index (Phi) is 6.10. The summed E-state index contributed by atoms with van der Waals surface area (Å²) in [5.74, 6) is -1.29. The molecule has 6 nitrogen and oxygen atoms in total. The first-order valence-corrected chi connectivity index (χ1v) is 10.1. The third kappa shape index (κ3) is 4.36. The quantitative estimate of drug-likeness (QED) is 0.672. The zero-order valence-corrected chi connectivity index (χ0v) is 16.3. The van der Waals surface area contributed by atoms with E-state index in [1.54, 1.807) is 60.7 Å². The van der Waals surface area contributed by atoms with Gasteiger partial charge in [-0.15, -0.1) is 0 Å². The second-order valence-electron chi connectivity index (χ2n) is 6.62. The Hall–Kier alpha value is -2.78. The second-order valence-corrected chi connectivity index (χ2v) is 7.74. The van der Waals surface area contributed by atoms with Crippen LogP contribution >= 0.6 is 11.8 Å². The van der Waals surface area contributed by atoms with E-state index in [0.717, 1.165) is 11.8 Å². The zero-order chi connectivity index (χ0) is 21.1. The van der Waals surface area contributed by atoms with E-state index in [9.17, 15) is 18.4 Å². The van der Waals surface area contributed by atoms with E-state index < -0.39 is 42.0 Å². The SMILES string of the molecule is O=C(OC1COC2SC(C(F)F)=NC2C1OC(=O)c1ccccc1)c1ccccc1. The molecule has 4 unspecified atom stereocenters. The van der Waals surface area contributed by atoms with Gasteiger partial charge in [0.2, 0.25) is 0 Å². The number of halogens is 2. The van der Waals surface area contributed by atoms with Crippen molar-refractivity contribution in [2.45, 2.75) is 30.1 Å². The van der Waals surface area contributed by atoms with E-state index in [-0.39, 0.29) is 17.2 Å². The number of fused-ring (bicyclic) bond motifs is 1. The summed E-state index contributed by atoms with van der Waals surface area (Å²) in [6.45, 7) is -0.106. The number of alkyl halides is 2. The van der Waals surface area contributed by atoms with Gasteiger partial charge in [-0.2, -0.15) is 0 Å². The van der Waals surface area contributed by atoms with E-state index in [1.165, 1.54) is 0 Å². The second kappa shape index (κ2) is 8.93. The molecule has 0 radical (unpaired) electrons. The molecule has 0 N–H and O–H groups in total. The number of nitrogens with zero attached hydrogens (tertiary/aromatic N) is 1. The lowest BCUT2D eigenvalue weighted by atomic mass is 10.0. The molecule has 0 saturated carbocycles. The number of thioether (sulfide) groups is 1. The van der Waals surface area contributed by atoms with Gasteiger partial charge in [0.05, 0.1) is 17.7 Å².